The zero-order valence-corrected chi connectivity index (χ0v) is 13.7. The molecule has 0 fully saturated rings. The summed E-state index contributed by atoms with van der Waals surface area (Å²) in [5.74, 6) is 0.154. The molecule has 1 aromatic carbocycles. The average molecular weight is 333 g/mol. The molecule has 0 atom stereocenters. The lowest BCUT2D eigenvalue weighted by Crippen LogP contribution is -2.12. The number of benzene rings is 1. The van der Waals surface area contributed by atoms with E-state index in [9.17, 15) is 8.42 Å². The molecule has 23 heavy (non-hydrogen) atoms. The number of nitrogens with zero attached hydrogens (tertiary/aromatic N) is 5. The molecule has 0 saturated carbocycles. The zero-order valence-electron chi connectivity index (χ0n) is 12.9. The molecule has 0 spiro atoms. The lowest BCUT2D eigenvalue weighted by Gasteiger charge is -2.05. The maximum Gasteiger partial charge on any atom is 0.250 e. The van der Waals surface area contributed by atoms with E-state index in [0.717, 1.165) is 11.1 Å². The molecular weight excluding hydrogens is 318 g/mol. The minimum absolute atomic E-state index is 0.115. The molecule has 3 aromatic rings. The minimum Gasteiger partial charge on any atom is -0.301 e. The third-order valence-corrected chi connectivity index (χ3v) is 5.06. The van der Waals surface area contributed by atoms with Crippen LogP contribution in [0, 0.1) is 13.8 Å². The Labute approximate surface area is 133 Å². The molecule has 0 unspecified atom stereocenters. The topological polar surface area (TPSA) is 104 Å². The van der Waals surface area contributed by atoms with Gasteiger partial charge >= 0.3 is 0 Å². The summed E-state index contributed by atoms with van der Waals surface area (Å²) < 4.78 is 31.1. The lowest BCUT2D eigenvalue weighted by atomic mass is 10.1. The highest BCUT2D eigenvalue weighted by Gasteiger charge is 2.26. The van der Waals surface area contributed by atoms with Crippen molar-refractivity contribution in [3.63, 3.8) is 0 Å². The predicted octanol–water partition coefficient (Wildman–Crippen LogP) is 1.46. The Morgan fingerprint density at radius 1 is 1.09 bits per heavy atom. The van der Waals surface area contributed by atoms with E-state index in [1.165, 1.54) is 4.57 Å². The Bertz CT molecular complexity index is 941. The summed E-state index contributed by atoms with van der Waals surface area (Å²) in [5.41, 5.74) is 2.61. The van der Waals surface area contributed by atoms with Crippen molar-refractivity contribution in [3.05, 3.63) is 41.2 Å². The summed E-state index contributed by atoms with van der Waals surface area (Å²) in [6.07, 6.45) is 0. The summed E-state index contributed by atoms with van der Waals surface area (Å²) >= 11 is 0. The van der Waals surface area contributed by atoms with Gasteiger partial charge in [-0.3, -0.25) is 0 Å². The number of hydrogen-bond donors (Lipinski definition) is 0. The Morgan fingerprint density at radius 2 is 1.78 bits per heavy atom. The molecule has 2 aromatic heterocycles. The van der Waals surface area contributed by atoms with Crippen LogP contribution in [0.4, 0.5) is 0 Å². The molecule has 3 rings (SSSR count). The fourth-order valence-corrected chi connectivity index (χ4v) is 3.58. The molecule has 0 amide bonds. The Hall–Kier alpha value is -2.55. The molecule has 9 heteroatoms. The number of aryl methyl sites for hydroxylation is 2. The third-order valence-electron chi connectivity index (χ3n) is 3.50. The van der Waals surface area contributed by atoms with Crippen molar-refractivity contribution in [1.29, 1.82) is 0 Å². The molecule has 120 valence electrons. The fourth-order valence-electron chi connectivity index (χ4n) is 2.16. The summed E-state index contributed by atoms with van der Waals surface area (Å²) in [5, 5.41) is 14.9. The minimum atomic E-state index is -3.70. The first-order valence-electron chi connectivity index (χ1n) is 6.86. The van der Waals surface area contributed by atoms with Gasteiger partial charge < -0.3 is 4.57 Å². The molecule has 0 saturated heterocycles. The molecular formula is C14H15N5O3S. The summed E-state index contributed by atoms with van der Waals surface area (Å²) in [4.78, 5) is 0. The van der Waals surface area contributed by atoms with Crippen LogP contribution in [0.2, 0.25) is 0 Å². The van der Waals surface area contributed by atoms with E-state index in [1.807, 2.05) is 31.2 Å². The smallest absolute Gasteiger partial charge is 0.250 e. The first-order chi connectivity index (χ1) is 10.9. The van der Waals surface area contributed by atoms with Crippen LogP contribution >= 0.6 is 0 Å². The number of aromatic nitrogens is 5. The van der Waals surface area contributed by atoms with Gasteiger partial charge in [-0.05, 0) is 13.8 Å². The van der Waals surface area contributed by atoms with Crippen LogP contribution in [-0.4, -0.2) is 33.5 Å². The van der Waals surface area contributed by atoms with Gasteiger partial charge in [0.05, 0.1) is 0 Å². The van der Waals surface area contributed by atoms with Crippen molar-refractivity contribution in [1.82, 2.24) is 25.1 Å². The van der Waals surface area contributed by atoms with Crippen molar-refractivity contribution in [2.75, 3.05) is 0 Å². The second-order valence-corrected chi connectivity index (χ2v) is 7.17. The normalized spacial score (nSPS) is 11.8. The fraction of sp³-hybridized carbons (Fsp3) is 0.286. The molecule has 2 heterocycles. The first-order valence-corrected chi connectivity index (χ1v) is 8.51. The monoisotopic (exact) mass is 333 g/mol. The van der Waals surface area contributed by atoms with Gasteiger partial charge in [-0.2, -0.15) is 0 Å². The predicted molar refractivity (Wildman–Crippen MR) is 81.1 cm³/mol. The lowest BCUT2D eigenvalue weighted by molar-refractivity contribution is 0.302. The van der Waals surface area contributed by atoms with Crippen LogP contribution in [0.15, 0.2) is 34.1 Å². The van der Waals surface area contributed by atoms with Crippen molar-refractivity contribution >= 4 is 9.84 Å². The van der Waals surface area contributed by atoms with Gasteiger partial charge in [-0.1, -0.05) is 40.1 Å². The second kappa shape index (κ2) is 5.58. The molecule has 0 aliphatic heterocycles. The molecule has 0 radical (unpaired) electrons. The maximum atomic E-state index is 12.5. The van der Waals surface area contributed by atoms with Gasteiger partial charge in [0.1, 0.15) is 17.1 Å². The van der Waals surface area contributed by atoms with Crippen LogP contribution in [0.5, 0.6) is 0 Å². The van der Waals surface area contributed by atoms with Gasteiger partial charge in [0.15, 0.2) is 5.82 Å². The number of rotatable bonds is 4. The highest BCUT2D eigenvalue weighted by Crippen LogP contribution is 2.21. The van der Waals surface area contributed by atoms with Gasteiger partial charge in [-0.25, -0.2) is 13.0 Å². The average Bonchev–Trinajstić information content (AvgIpc) is 3.07. The van der Waals surface area contributed by atoms with E-state index >= 15 is 0 Å². The molecule has 0 aliphatic rings. The van der Waals surface area contributed by atoms with Gasteiger partial charge in [0, 0.05) is 12.6 Å². The third kappa shape index (κ3) is 2.87. The molecule has 0 N–H and O–H groups in total. The van der Waals surface area contributed by atoms with Crippen LogP contribution < -0.4 is 0 Å². The summed E-state index contributed by atoms with van der Waals surface area (Å²) in [7, 11) is -2.08. The highest BCUT2D eigenvalue weighted by atomic mass is 32.2. The molecule has 8 nitrogen and oxygen atoms in total. The van der Waals surface area contributed by atoms with Crippen LogP contribution in [0.1, 0.15) is 17.0 Å². The van der Waals surface area contributed by atoms with Crippen LogP contribution in [0.25, 0.3) is 11.4 Å². The molecule has 0 aliphatic carbocycles. The van der Waals surface area contributed by atoms with Crippen LogP contribution in [-0.2, 0) is 22.6 Å². The van der Waals surface area contributed by atoms with Crippen molar-refractivity contribution < 1.29 is 13.0 Å². The van der Waals surface area contributed by atoms with E-state index in [1.54, 1.807) is 14.0 Å². The quantitative estimate of drug-likeness (QED) is 0.711. The van der Waals surface area contributed by atoms with Crippen molar-refractivity contribution in [3.8, 4) is 11.4 Å². The van der Waals surface area contributed by atoms with Gasteiger partial charge in [-0.15, -0.1) is 10.2 Å². The Morgan fingerprint density at radius 3 is 2.39 bits per heavy atom. The maximum absolute atomic E-state index is 12.5. The van der Waals surface area contributed by atoms with E-state index in [2.05, 4.69) is 25.1 Å². The van der Waals surface area contributed by atoms with Gasteiger partial charge in [0.2, 0.25) is 15.0 Å². The summed E-state index contributed by atoms with van der Waals surface area (Å²) in [6.45, 7) is 3.61. The van der Waals surface area contributed by atoms with E-state index < -0.39 is 9.84 Å². The SMILES string of the molecule is Cc1ccc(-c2nnc(S(=O)(=O)Cc3nonc3C)n2C)cc1. The summed E-state index contributed by atoms with van der Waals surface area (Å²) in [6, 6.07) is 7.62. The van der Waals surface area contributed by atoms with Crippen molar-refractivity contribution in [2.45, 2.75) is 24.8 Å². The van der Waals surface area contributed by atoms with Crippen molar-refractivity contribution in [2.24, 2.45) is 7.05 Å². The van der Waals surface area contributed by atoms with E-state index in [4.69, 9.17) is 0 Å². The largest absolute Gasteiger partial charge is 0.301 e. The highest BCUT2D eigenvalue weighted by molar-refractivity contribution is 7.90. The van der Waals surface area contributed by atoms with Crippen LogP contribution in [0.3, 0.4) is 0 Å². The zero-order chi connectivity index (χ0) is 16.6. The van der Waals surface area contributed by atoms with Gasteiger partial charge in [0.25, 0.3) is 0 Å². The second-order valence-electron chi connectivity index (χ2n) is 5.29. The standard InChI is InChI=1S/C14H15N5O3S/c1-9-4-6-11(7-5-9)13-15-16-14(19(13)3)23(20,21)8-12-10(2)17-22-18-12/h4-7H,8H2,1-3H3. The van der Waals surface area contributed by atoms with E-state index in [-0.39, 0.29) is 16.6 Å². The Balaban J connectivity index is 1.98. The number of sulfone groups is 1. The number of hydrogen-bond acceptors (Lipinski definition) is 7. The first kappa shape index (κ1) is 15.3. The van der Waals surface area contributed by atoms with E-state index in [0.29, 0.717) is 11.5 Å². The Kier molecular flexibility index (Phi) is 3.72. The molecule has 0 bridgehead atoms.